The molecule has 6 nitrogen and oxygen atoms in total. The largest absolute Gasteiger partial charge is 0.378 e. The second-order valence-electron chi connectivity index (χ2n) is 7.75. The minimum atomic E-state index is 0.677. The van der Waals surface area contributed by atoms with Crippen molar-refractivity contribution in [2.45, 2.75) is 13.8 Å². The molecule has 0 saturated carbocycles. The average molecular weight is 399 g/mol. The summed E-state index contributed by atoms with van der Waals surface area (Å²) in [7, 11) is 0. The third-order valence-corrected chi connectivity index (χ3v) is 5.41. The first-order chi connectivity index (χ1) is 14.7. The summed E-state index contributed by atoms with van der Waals surface area (Å²) >= 11 is 0. The Labute approximate surface area is 176 Å². The maximum atomic E-state index is 5.47. The molecule has 2 aromatic heterocycles. The fourth-order valence-corrected chi connectivity index (χ4v) is 4.04. The van der Waals surface area contributed by atoms with Gasteiger partial charge in [0.25, 0.3) is 0 Å². The third kappa shape index (κ3) is 3.62. The van der Waals surface area contributed by atoms with Crippen LogP contribution in [0.15, 0.2) is 60.9 Å². The lowest BCUT2D eigenvalue weighted by molar-refractivity contribution is 0.122. The molecule has 4 aromatic rings. The molecule has 3 heterocycles. The highest BCUT2D eigenvalue weighted by atomic mass is 16.5. The predicted octanol–water partition coefficient (Wildman–Crippen LogP) is 4.59. The van der Waals surface area contributed by atoms with Crippen LogP contribution in [0.2, 0.25) is 0 Å². The molecule has 0 unspecified atom stereocenters. The monoisotopic (exact) mass is 399 g/mol. The Bertz CT molecular complexity index is 1160. The van der Waals surface area contributed by atoms with Gasteiger partial charge in [-0.15, -0.1) is 0 Å². The summed E-state index contributed by atoms with van der Waals surface area (Å²) in [4.78, 5) is 11.6. The zero-order valence-electron chi connectivity index (χ0n) is 17.3. The molecule has 30 heavy (non-hydrogen) atoms. The summed E-state index contributed by atoms with van der Waals surface area (Å²) in [6.07, 6.45) is 3.76. The van der Waals surface area contributed by atoms with E-state index in [-0.39, 0.29) is 0 Å². The van der Waals surface area contributed by atoms with Gasteiger partial charge < -0.3 is 15.0 Å². The van der Waals surface area contributed by atoms with Gasteiger partial charge in [0.2, 0.25) is 5.78 Å². The lowest BCUT2D eigenvalue weighted by Gasteiger charge is -2.28. The molecule has 2 aromatic carbocycles. The summed E-state index contributed by atoms with van der Waals surface area (Å²) in [5, 5.41) is 3.59. The van der Waals surface area contributed by atoms with Crippen LogP contribution in [-0.4, -0.2) is 40.7 Å². The number of anilines is 3. The van der Waals surface area contributed by atoms with Crippen molar-refractivity contribution in [1.29, 1.82) is 0 Å². The minimum Gasteiger partial charge on any atom is -0.378 e. The molecule has 1 fully saturated rings. The summed E-state index contributed by atoms with van der Waals surface area (Å²) < 4.78 is 7.47. The van der Waals surface area contributed by atoms with E-state index in [0.717, 1.165) is 49.1 Å². The van der Waals surface area contributed by atoms with Gasteiger partial charge in [0.05, 0.1) is 13.2 Å². The quantitative estimate of drug-likeness (QED) is 0.544. The van der Waals surface area contributed by atoms with Gasteiger partial charge >= 0.3 is 0 Å². The molecule has 1 N–H and O–H groups in total. The van der Waals surface area contributed by atoms with E-state index in [1.165, 1.54) is 16.8 Å². The Morgan fingerprint density at radius 2 is 1.70 bits per heavy atom. The fraction of sp³-hybridized carbons (Fsp3) is 0.250. The Hall–Kier alpha value is -3.38. The standard InChI is InChI=1S/C24H25N5O/c1-17-14-18(2)16-20(15-17)26-23-22(27-24-25-8-3-9-29(23)24)19-4-6-21(7-5-19)28-10-12-30-13-11-28/h3-9,14-16,26H,10-13H2,1-2H3. The molecule has 0 aliphatic carbocycles. The molecule has 0 spiro atoms. The number of rotatable bonds is 4. The Balaban J connectivity index is 1.54. The first kappa shape index (κ1) is 18.6. The molecule has 0 radical (unpaired) electrons. The number of aryl methyl sites for hydroxylation is 2. The lowest BCUT2D eigenvalue weighted by Crippen LogP contribution is -2.36. The maximum Gasteiger partial charge on any atom is 0.235 e. The second-order valence-corrected chi connectivity index (χ2v) is 7.75. The van der Waals surface area contributed by atoms with Gasteiger partial charge in [0.15, 0.2) is 0 Å². The number of hydrogen-bond acceptors (Lipinski definition) is 5. The van der Waals surface area contributed by atoms with E-state index in [2.05, 4.69) is 71.5 Å². The van der Waals surface area contributed by atoms with Crippen molar-refractivity contribution in [2.75, 3.05) is 36.5 Å². The van der Waals surface area contributed by atoms with Gasteiger partial charge in [-0.1, -0.05) is 18.2 Å². The van der Waals surface area contributed by atoms with Crippen LogP contribution in [0.4, 0.5) is 17.2 Å². The van der Waals surface area contributed by atoms with Gasteiger partial charge in [0.1, 0.15) is 11.5 Å². The first-order valence-electron chi connectivity index (χ1n) is 10.3. The first-order valence-corrected chi connectivity index (χ1v) is 10.3. The van der Waals surface area contributed by atoms with Crippen LogP contribution in [0.1, 0.15) is 11.1 Å². The van der Waals surface area contributed by atoms with Crippen molar-refractivity contribution in [2.24, 2.45) is 0 Å². The second kappa shape index (κ2) is 7.80. The highest BCUT2D eigenvalue weighted by Crippen LogP contribution is 2.32. The molecular weight excluding hydrogens is 374 g/mol. The summed E-state index contributed by atoms with van der Waals surface area (Å²) in [6, 6.07) is 17.0. The number of fused-ring (bicyclic) bond motifs is 1. The number of hydrogen-bond donors (Lipinski definition) is 1. The minimum absolute atomic E-state index is 0.677. The number of benzene rings is 2. The van der Waals surface area contributed by atoms with E-state index in [4.69, 9.17) is 9.72 Å². The molecular formula is C24H25N5O. The van der Waals surface area contributed by atoms with Crippen molar-refractivity contribution in [1.82, 2.24) is 14.4 Å². The highest BCUT2D eigenvalue weighted by Gasteiger charge is 2.17. The number of aromatic nitrogens is 3. The Morgan fingerprint density at radius 3 is 2.43 bits per heavy atom. The molecule has 5 rings (SSSR count). The molecule has 0 atom stereocenters. The third-order valence-electron chi connectivity index (χ3n) is 5.41. The van der Waals surface area contributed by atoms with Crippen LogP contribution in [0.3, 0.4) is 0 Å². The van der Waals surface area contributed by atoms with Gasteiger partial charge in [-0.3, -0.25) is 4.40 Å². The van der Waals surface area contributed by atoms with Crippen molar-refractivity contribution >= 4 is 23.0 Å². The fourth-order valence-electron chi connectivity index (χ4n) is 4.04. The van der Waals surface area contributed by atoms with Crippen molar-refractivity contribution < 1.29 is 4.74 Å². The summed E-state index contributed by atoms with van der Waals surface area (Å²) in [5.74, 6) is 1.60. The number of nitrogens with one attached hydrogen (secondary N) is 1. The Kier molecular flexibility index (Phi) is 4.85. The smallest absolute Gasteiger partial charge is 0.235 e. The number of imidazole rings is 1. The van der Waals surface area contributed by atoms with Crippen LogP contribution >= 0.6 is 0 Å². The molecule has 0 bridgehead atoms. The van der Waals surface area contributed by atoms with Crippen LogP contribution in [0, 0.1) is 13.8 Å². The van der Waals surface area contributed by atoms with E-state index >= 15 is 0 Å². The zero-order chi connectivity index (χ0) is 20.5. The molecule has 0 amide bonds. The van der Waals surface area contributed by atoms with Crippen molar-refractivity contribution in [3.8, 4) is 11.3 Å². The van der Waals surface area contributed by atoms with Crippen LogP contribution in [0.5, 0.6) is 0 Å². The normalized spacial score (nSPS) is 14.3. The van der Waals surface area contributed by atoms with Crippen molar-refractivity contribution in [3.63, 3.8) is 0 Å². The molecule has 1 aliphatic heterocycles. The van der Waals surface area contributed by atoms with E-state index < -0.39 is 0 Å². The predicted molar refractivity (Wildman–Crippen MR) is 121 cm³/mol. The number of ether oxygens (including phenoxy) is 1. The molecule has 1 saturated heterocycles. The summed E-state index contributed by atoms with van der Waals surface area (Å²) in [5.41, 5.74) is 6.66. The topological polar surface area (TPSA) is 54.7 Å². The molecule has 1 aliphatic rings. The Morgan fingerprint density at radius 1 is 0.967 bits per heavy atom. The van der Waals surface area contributed by atoms with Gasteiger partial charge in [0, 0.05) is 42.4 Å². The van der Waals surface area contributed by atoms with Crippen molar-refractivity contribution in [3.05, 3.63) is 72.1 Å². The maximum absolute atomic E-state index is 5.47. The van der Waals surface area contributed by atoms with Crippen LogP contribution < -0.4 is 10.2 Å². The van der Waals surface area contributed by atoms with E-state index in [1.807, 2.05) is 16.7 Å². The van der Waals surface area contributed by atoms with E-state index in [0.29, 0.717) is 5.78 Å². The number of nitrogens with zero attached hydrogens (tertiary/aromatic N) is 4. The van der Waals surface area contributed by atoms with Crippen LogP contribution in [0.25, 0.3) is 17.0 Å². The number of morpholine rings is 1. The summed E-state index contributed by atoms with van der Waals surface area (Å²) in [6.45, 7) is 7.64. The molecule has 152 valence electrons. The zero-order valence-corrected chi connectivity index (χ0v) is 17.3. The van der Waals surface area contributed by atoms with E-state index in [9.17, 15) is 0 Å². The molecule has 6 heteroatoms. The van der Waals surface area contributed by atoms with Crippen LogP contribution in [-0.2, 0) is 4.74 Å². The highest BCUT2D eigenvalue weighted by molar-refractivity contribution is 5.79. The van der Waals surface area contributed by atoms with Gasteiger partial charge in [-0.05, 0) is 55.3 Å². The SMILES string of the molecule is Cc1cc(C)cc(Nc2c(-c3ccc(N4CCOCC4)cc3)nc3ncccn23)c1. The lowest BCUT2D eigenvalue weighted by atomic mass is 10.1. The van der Waals surface area contributed by atoms with Gasteiger partial charge in [-0.2, -0.15) is 0 Å². The van der Waals surface area contributed by atoms with Gasteiger partial charge in [-0.25, -0.2) is 9.97 Å². The van der Waals surface area contributed by atoms with E-state index in [1.54, 1.807) is 6.20 Å². The average Bonchev–Trinajstić information content (AvgIpc) is 3.12.